The lowest BCUT2D eigenvalue weighted by Gasteiger charge is -2.34. The van der Waals surface area contributed by atoms with Crippen LogP contribution in [-0.4, -0.2) is 81.2 Å². The summed E-state index contributed by atoms with van der Waals surface area (Å²) < 4.78 is 27.7. The lowest BCUT2D eigenvalue weighted by atomic mass is 10.1. The number of hydrogen-bond donors (Lipinski definition) is 1. The second-order valence-corrected chi connectivity index (χ2v) is 9.56. The van der Waals surface area contributed by atoms with Gasteiger partial charge in [0.1, 0.15) is 0 Å². The number of benzene rings is 1. The van der Waals surface area contributed by atoms with E-state index in [2.05, 4.69) is 5.32 Å². The van der Waals surface area contributed by atoms with Crippen molar-refractivity contribution in [2.24, 2.45) is 0 Å². The van der Waals surface area contributed by atoms with Crippen LogP contribution in [0.5, 0.6) is 0 Å². The summed E-state index contributed by atoms with van der Waals surface area (Å²) >= 11 is 0. The quantitative estimate of drug-likeness (QED) is 0.752. The SMILES string of the molecule is CC(=O)N[C@H]1CCc2ccc(S(=O)(=O)N3CCN(CC(=O)N(C)C)CC3)cc21. The summed E-state index contributed by atoms with van der Waals surface area (Å²) in [6.07, 6.45) is 1.62. The molecule has 1 aromatic rings. The van der Waals surface area contributed by atoms with E-state index in [1.165, 1.54) is 11.2 Å². The van der Waals surface area contributed by atoms with Gasteiger partial charge in [-0.25, -0.2) is 8.42 Å². The monoisotopic (exact) mass is 408 g/mol. The van der Waals surface area contributed by atoms with Gasteiger partial charge < -0.3 is 10.2 Å². The lowest BCUT2D eigenvalue weighted by molar-refractivity contribution is -0.130. The van der Waals surface area contributed by atoms with Crippen LogP contribution in [0.4, 0.5) is 0 Å². The Balaban J connectivity index is 1.71. The fraction of sp³-hybridized carbons (Fsp3) is 0.579. The van der Waals surface area contributed by atoms with E-state index in [4.69, 9.17) is 0 Å². The predicted molar refractivity (Wildman–Crippen MR) is 105 cm³/mol. The molecule has 1 aliphatic carbocycles. The maximum Gasteiger partial charge on any atom is 0.243 e. The van der Waals surface area contributed by atoms with E-state index in [0.29, 0.717) is 32.7 Å². The van der Waals surface area contributed by atoms with E-state index in [1.54, 1.807) is 31.1 Å². The number of aryl methyl sites for hydroxylation is 1. The Morgan fingerprint density at radius 3 is 2.46 bits per heavy atom. The van der Waals surface area contributed by atoms with E-state index in [0.717, 1.165) is 24.0 Å². The Bertz CT molecular complexity index is 861. The molecule has 0 radical (unpaired) electrons. The first-order valence-corrected chi connectivity index (χ1v) is 10.9. The van der Waals surface area contributed by atoms with Crippen molar-refractivity contribution in [1.29, 1.82) is 0 Å². The van der Waals surface area contributed by atoms with E-state index in [-0.39, 0.29) is 22.8 Å². The zero-order valence-corrected chi connectivity index (χ0v) is 17.5. The standard InChI is InChI=1S/C19H28N4O4S/c1-14(24)20-18-7-5-15-4-6-16(12-17(15)18)28(26,27)23-10-8-22(9-11-23)13-19(25)21(2)3/h4,6,12,18H,5,7-11,13H2,1-3H3,(H,20,24)/t18-/m0/s1. The lowest BCUT2D eigenvalue weighted by Crippen LogP contribution is -2.50. The first kappa shape index (κ1) is 20.8. The molecular weight excluding hydrogens is 380 g/mol. The molecule has 1 aliphatic heterocycles. The fourth-order valence-electron chi connectivity index (χ4n) is 3.75. The van der Waals surface area contributed by atoms with Crippen molar-refractivity contribution in [2.45, 2.75) is 30.7 Å². The van der Waals surface area contributed by atoms with Crippen molar-refractivity contribution in [3.63, 3.8) is 0 Å². The third-order valence-electron chi connectivity index (χ3n) is 5.40. The topological polar surface area (TPSA) is 90.0 Å². The summed E-state index contributed by atoms with van der Waals surface area (Å²) in [5, 5.41) is 2.90. The molecule has 3 rings (SSSR count). The van der Waals surface area contributed by atoms with Gasteiger partial charge in [0, 0.05) is 47.2 Å². The molecule has 1 fully saturated rings. The van der Waals surface area contributed by atoms with Crippen LogP contribution in [0, 0.1) is 0 Å². The molecule has 28 heavy (non-hydrogen) atoms. The molecule has 0 aromatic heterocycles. The van der Waals surface area contributed by atoms with E-state index >= 15 is 0 Å². The van der Waals surface area contributed by atoms with Crippen LogP contribution in [0.15, 0.2) is 23.1 Å². The Morgan fingerprint density at radius 1 is 1.18 bits per heavy atom. The molecule has 154 valence electrons. The van der Waals surface area contributed by atoms with Crippen molar-refractivity contribution in [2.75, 3.05) is 46.8 Å². The molecule has 0 saturated carbocycles. The van der Waals surface area contributed by atoms with Crippen LogP contribution < -0.4 is 5.32 Å². The number of piperazine rings is 1. The second kappa shape index (κ2) is 8.18. The van der Waals surface area contributed by atoms with Gasteiger partial charge in [0.25, 0.3) is 0 Å². The molecule has 2 aliphatic rings. The number of hydrogen-bond acceptors (Lipinski definition) is 5. The van der Waals surface area contributed by atoms with Gasteiger partial charge in [-0.2, -0.15) is 4.31 Å². The van der Waals surface area contributed by atoms with Gasteiger partial charge in [-0.15, -0.1) is 0 Å². The number of nitrogens with one attached hydrogen (secondary N) is 1. The van der Waals surface area contributed by atoms with Crippen LogP contribution >= 0.6 is 0 Å². The van der Waals surface area contributed by atoms with Gasteiger partial charge in [0.2, 0.25) is 21.8 Å². The van der Waals surface area contributed by atoms with Crippen LogP contribution in [0.25, 0.3) is 0 Å². The highest BCUT2D eigenvalue weighted by Gasteiger charge is 2.31. The highest BCUT2D eigenvalue weighted by atomic mass is 32.2. The van der Waals surface area contributed by atoms with Crippen LogP contribution in [0.1, 0.15) is 30.5 Å². The van der Waals surface area contributed by atoms with E-state index in [9.17, 15) is 18.0 Å². The summed E-state index contributed by atoms with van der Waals surface area (Å²) in [6, 6.07) is 5.10. The van der Waals surface area contributed by atoms with Crippen molar-refractivity contribution in [3.8, 4) is 0 Å². The van der Waals surface area contributed by atoms with Crippen LogP contribution in [0.2, 0.25) is 0 Å². The average Bonchev–Trinajstić information content (AvgIpc) is 3.03. The molecule has 1 heterocycles. The van der Waals surface area contributed by atoms with Gasteiger partial charge in [0.15, 0.2) is 0 Å². The van der Waals surface area contributed by atoms with Gasteiger partial charge in [-0.1, -0.05) is 6.07 Å². The third-order valence-corrected chi connectivity index (χ3v) is 7.29. The molecule has 1 aromatic carbocycles. The Kier molecular flexibility index (Phi) is 6.07. The number of rotatable bonds is 5. The molecule has 9 heteroatoms. The normalized spacial score (nSPS) is 20.6. The summed E-state index contributed by atoms with van der Waals surface area (Å²) in [7, 11) is -0.178. The van der Waals surface area contributed by atoms with Crippen molar-refractivity contribution in [1.82, 2.24) is 19.4 Å². The molecule has 0 bridgehead atoms. The largest absolute Gasteiger partial charge is 0.350 e. The number of nitrogens with zero attached hydrogens (tertiary/aromatic N) is 3. The molecule has 8 nitrogen and oxygen atoms in total. The zero-order valence-electron chi connectivity index (χ0n) is 16.6. The van der Waals surface area contributed by atoms with Gasteiger partial charge >= 0.3 is 0 Å². The maximum atomic E-state index is 13.1. The Morgan fingerprint density at radius 2 is 1.86 bits per heavy atom. The molecule has 0 spiro atoms. The summed E-state index contributed by atoms with van der Waals surface area (Å²) in [5.41, 5.74) is 1.98. The fourth-order valence-corrected chi connectivity index (χ4v) is 5.20. The highest BCUT2D eigenvalue weighted by molar-refractivity contribution is 7.89. The Hall–Kier alpha value is -1.97. The molecule has 1 atom stereocenters. The molecule has 1 N–H and O–H groups in total. The minimum absolute atomic E-state index is 0.0129. The summed E-state index contributed by atoms with van der Waals surface area (Å²) in [5.74, 6) is -0.103. The van der Waals surface area contributed by atoms with Crippen LogP contribution in [0.3, 0.4) is 0 Å². The maximum absolute atomic E-state index is 13.1. The van der Waals surface area contributed by atoms with Crippen molar-refractivity contribution >= 4 is 21.8 Å². The molecule has 2 amide bonds. The summed E-state index contributed by atoms with van der Waals surface area (Å²) in [4.78, 5) is 27.0. The Labute approximate surface area is 166 Å². The third kappa shape index (κ3) is 4.37. The number of fused-ring (bicyclic) bond motifs is 1. The number of amides is 2. The van der Waals surface area contributed by atoms with E-state index < -0.39 is 10.0 Å². The van der Waals surface area contributed by atoms with Gasteiger partial charge in [0.05, 0.1) is 17.5 Å². The zero-order chi connectivity index (χ0) is 20.5. The minimum Gasteiger partial charge on any atom is -0.350 e. The minimum atomic E-state index is -3.61. The number of likely N-dealkylation sites (N-methyl/N-ethyl adjacent to an activating group) is 1. The van der Waals surface area contributed by atoms with Gasteiger partial charge in [-0.3, -0.25) is 14.5 Å². The van der Waals surface area contributed by atoms with Crippen molar-refractivity contribution in [3.05, 3.63) is 29.3 Å². The average molecular weight is 409 g/mol. The first-order chi connectivity index (χ1) is 13.2. The number of sulfonamides is 1. The first-order valence-electron chi connectivity index (χ1n) is 9.51. The second-order valence-electron chi connectivity index (χ2n) is 7.62. The van der Waals surface area contributed by atoms with E-state index in [1.807, 2.05) is 11.0 Å². The van der Waals surface area contributed by atoms with Gasteiger partial charge in [-0.05, 0) is 36.1 Å². The predicted octanol–water partition coefficient (Wildman–Crippen LogP) is 0.205. The molecule has 1 saturated heterocycles. The number of carbonyl (C=O) groups is 2. The molecular formula is C19H28N4O4S. The highest BCUT2D eigenvalue weighted by Crippen LogP contribution is 2.33. The summed E-state index contributed by atoms with van der Waals surface area (Å²) in [6.45, 7) is 3.54. The van der Waals surface area contributed by atoms with Crippen LogP contribution in [-0.2, 0) is 26.0 Å². The smallest absolute Gasteiger partial charge is 0.243 e. The number of carbonyl (C=O) groups excluding carboxylic acids is 2. The van der Waals surface area contributed by atoms with Crippen molar-refractivity contribution < 1.29 is 18.0 Å². The molecule has 0 unspecified atom stereocenters.